The number of guanidine groups is 1. The van der Waals surface area contributed by atoms with Crippen molar-refractivity contribution in [1.82, 2.24) is 0 Å². The number of rotatable bonds is 4. The molecule has 96 valence electrons. The maximum atomic E-state index is 5.88. The van der Waals surface area contributed by atoms with E-state index in [1.54, 1.807) is 7.11 Å². The first-order valence-corrected chi connectivity index (χ1v) is 6.43. The summed E-state index contributed by atoms with van der Waals surface area (Å²) in [6, 6.07) is 7.68. The van der Waals surface area contributed by atoms with E-state index in [1.807, 2.05) is 24.3 Å². The quantitative estimate of drug-likeness (QED) is 0.631. The van der Waals surface area contributed by atoms with Crippen molar-refractivity contribution in [3.05, 3.63) is 24.3 Å². The average molecular weight is 245 g/mol. The van der Waals surface area contributed by atoms with Gasteiger partial charge < -0.3 is 15.8 Å². The molecular formula is C14H19N3O. The van der Waals surface area contributed by atoms with Gasteiger partial charge in [-0.1, -0.05) is 6.07 Å². The summed E-state index contributed by atoms with van der Waals surface area (Å²) in [6.45, 7) is 0.864. The molecule has 2 aliphatic carbocycles. The van der Waals surface area contributed by atoms with Gasteiger partial charge in [-0.05, 0) is 42.7 Å². The van der Waals surface area contributed by atoms with Crippen molar-refractivity contribution in [2.24, 2.45) is 22.1 Å². The first kappa shape index (κ1) is 11.4. The highest BCUT2D eigenvalue weighted by Crippen LogP contribution is 2.70. The molecule has 2 saturated carbocycles. The van der Waals surface area contributed by atoms with Crippen LogP contribution in [-0.4, -0.2) is 19.6 Å². The molecule has 1 unspecified atom stereocenters. The number of nitrogens with zero attached hydrogens (tertiary/aromatic N) is 1. The van der Waals surface area contributed by atoms with Crippen molar-refractivity contribution >= 4 is 11.6 Å². The molecule has 0 amide bonds. The maximum Gasteiger partial charge on any atom is 0.193 e. The van der Waals surface area contributed by atoms with Crippen LogP contribution < -0.4 is 15.8 Å². The molecule has 2 fully saturated rings. The summed E-state index contributed by atoms with van der Waals surface area (Å²) < 4.78 is 5.16. The van der Waals surface area contributed by atoms with Gasteiger partial charge in [-0.3, -0.25) is 4.99 Å². The molecule has 2 aliphatic rings. The number of aliphatic imine (C=N–C) groups is 1. The van der Waals surface area contributed by atoms with Gasteiger partial charge in [-0.25, -0.2) is 0 Å². The number of hydrogen-bond donors (Lipinski definition) is 2. The fourth-order valence-electron chi connectivity index (χ4n) is 2.56. The molecule has 4 heteroatoms. The van der Waals surface area contributed by atoms with Gasteiger partial charge in [0.05, 0.1) is 7.11 Å². The minimum atomic E-state index is 0.492. The molecule has 1 aromatic carbocycles. The number of ether oxygens (including phenoxy) is 1. The van der Waals surface area contributed by atoms with E-state index in [-0.39, 0.29) is 0 Å². The first-order chi connectivity index (χ1) is 8.72. The van der Waals surface area contributed by atoms with Crippen LogP contribution in [-0.2, 0) is 0 Å². The third kappa shape index (κ3) is 2.28. The van der Waals surface area contributed by atoms with E-state index in [9.17, 15) is 0 Å². The minimum Gasteiger partial charge on any atom is -0.497 e. The summed E-state index contributed by atoms with van der Waals surface area (Å²) in [7, 11) is 1.65. The lowest BCUT2D eigenvalue weighted by molar-refractivity contribution is 0.415. The normalized spacial score (nSPS) is 23.8. The van der Waals surface area contributed by atoms with Crippen molar-refractivity contribution in [2.75, 3.05) is 19.0 Å². The van der Waals surface area contributed by atoms with E-state index in [4.69, 9.17) is 10.5 Å². The second kappa shape index (κ2) is 4.19. The van der Waals surface area contributed by atoms with Gasteiger partial charge in [-0.15, -0.1) is 0 Å². The van der Waals surface area contributed by atoms with Crippen LogP contribution in [0.3, 0.4) is 0 Å². The molecular weight excluding hydrogens is 226 g/mol. The molecule has 0 bridgehead atoms. The molecule has 4 nitrogen and oxygen atoms in total. The van der Waals surface area contributed by atoms with Crippen LogP contribution in [0.4, 0.5) is 5.69 Å². The Bertz CT molecular complexity index is 480. The number of benzene rings is 1. The van der Waals surface area contributed by atoms with Gasteiger partial charge in [0, 0.05) is 18.3 Å². The first-order valence-electron chi connectivity index (χ1n) is 6.43. The second-order valence-corrected chi connectivity index (χ2v) is 5.35. The molecule has 0 saturated heterocycles. The monoisotopic (exact) mass is 245 g/mol. The minimum absolute atomic E-state index is 0.492. The molecule has 1 aromatic rings. The molecule has 1 spiro atoms. The number of methoxy groups -OCH3 is 1. The van der Waals surface area contributed by atoms with Crippen LogP contribution in [0, 0.1) is 11.3 Å². The standard InChI is InChI=1S/C14H19N3O/c1-18-12-4-2-3-11(7-12)17-13(15)16-9-10-8-14(10)5-6-14/h2-4,7,10H,5-6,8-9H2,1H3,(H3,15,16,17). The van der Waals surface area contributed by atoms with Crippen molar-refractivity contribution < 1.29 is 4.74 Å². The zero-order valence-corrected chi connectivity index (χ0v) is 10.6. The molecule has 0 radical (unpaired) electrons. The lowest BCUT2D eigenvalue weighted by atomic mass is 10.3. The Kier molecular flexibility index (Phi) is 2.65. The molecule has 3 N–H and O–H groups in total. The van der Waals surface area contributed by atoms with Crippen LogP contribution in [0.1, 0.15) is 19.3 Å². The molecule has 1 atom stereocenters. The van der Waals surface area contributed by atoms with Crippen LogP contribution in [0.25, 0.3) is 0 Å². The third-order valence-electron chi connectivity index (χ3n) is 4.08. The van der Waals surface area contributed by atoms with Crippen LogP contribution >= 0.6 is 0 Å². The van der Waals surface area contributed by atoms with Crippen molar-refractivity contribution in [3.63, 3.8) is 0 Å². The van der Waals surface area contributed by atoms with E-state index in [0.29, 0.717) is 11.4 Å². The summed E-state index contributed by atoms with van der Waals surface area (Å²) in [4.78, 5) is 4.42. The zero-order chi connectivity index (χ0) is 12.6. The largest absolute Gasteiger partial charge is 0.497 e. The summed E-state index contributed by atoms with van der Waals surface area (Å²) in [6.07, 6.45) is 4.15. The van der Waals surface area contributed by atoms with Gasteiger partial charge in [0.15, 0.2) is 5.96 Å². The smallest absolute Gasteiger partial charge is 0.193 e. The number of hydrogen-bond acceptors (Lipinski definition) is 2. The SMILES string of the molecule is COc1cccc(NC(N)=NCC2CC23CC3)c1. The van der Waals surface area contributed by atoms with E-state index >= 15 is 0 Å². The number of nitrogens with one attached hydrogen (secondary N) is 1. The lowest BCUT2D eigenvalue weighted by Gasteiger charge is -2.07. The third-order valence-corrected chi connectivity index (χ3v) is 4.08. The van der Waals surface area contributed by atoms with Gasteiger partial charge >= 0.3 is 0 Å². The van der Waals surface area contributed by atoms with Crippen LogP contribution in [0.15, 0.2) is 29.3 Å². The predicted molar refractivity (Wildman–Crippen MR) is 72.9 cm³/mol. The van der Waals surface area contributed by atoms with Gasteiger partial charge in [0.1, 0.15) is 5.75 Å². The molecule has 0 heterocycles. The molecule has 3 rings (SSSR count). The maximum absolute atomic E-state index is 5.88. The summed E-state index contributed by atoms with van der Waals surface area (Å²) in [5.41, 5.74) is 7.48. The summed E-state index contributed by atoms with van der Waals surface area (Å²) in [5, 5.41) is 3.10. The topological polar surface area (TPSA) is 59.6 Å². The molecule has 0 aliphatic heterocycles. The highest BCUT2D eigenvalue weighted by Gasteiger charge is 2.62. The Morgan fingerprint density at radius 3 is 3.06 bits per heavy atom. The highest BCUT2D eigenvalue weighted by atomic mass is 16.5. The van der Waals surface area contributed by atoms with E-state index in [1.165, 1.54) is 19.3 Å². The lowest BCUT2D eigenvalue weighted by Crippen LogP contribution is -2.23. The van der Waals surface area contributed by atoms with E-state index in [0.717, 1.165) is 23.9 Å². The average Bonchev–Trinajstić information content (AvgIpc) is 3.28. The van der Waals surface area contributed by atoms with Crippen molar-refractivity contribution in [3.8, 4) is 5.75 Å². The Balaban J connectivity index is 1.55. The van der Waals surface area contributed by atoms with Crippen molar-refractivity contribution in [1.29, 1.82) is 0 Å². The fourth-order valence-corrected chi connectivity index (χ4v) is 2.56. The van der Waals surface area contributed by atoms with Crippen LogP contribution in [0.2, 0.25) is 0 Å². The highest BCUT2D eigenvalue weighted by molar-refractivity contribution is 5.92. The van der Waals surface area contributed by atoms with Gasteiger partial charge in [0.2, 0.25) is 0 Å². The van der Waals surface area contributed by atoms with E-state index < -0.39 is 0 Å². The van der Waals surface area contributed by atoms with Gasteiger partial charge in [-0.2, -0.15) is 0 Å². The Labute approximate surface area is 107 Å². The summed E-state index contributed by atoms with van der Waals surface area (Å²) >= 11 is 0. The Morgan fingerprint density at radius 2 is 2.39 bits per heavy atom. The second-order valence-electron chi connectivity index (χ2n) is 5.35. The number of anilines is 1. The predicted octanol–water partition coefficient (Wildman–Crippen LogP) is 2.22. The Morgan fingerprint density at radius 1 is 1.56 bits per heavy atom. The zero-order valence-electron chi connectivity index (χ0n) is 10.6. The Hall–Kier alpha value is -1.71. The van der Waals surface area contributed by atoms with Crippen molar-refractivity contribution in [2.45, 2.75) is 19.3 Å². The molecule has 18 heavy (non-hydrogen) atoms. The summed E-state index contributed by atoms with van der Waals surface area (Å²) in [5.74, 6) is 2.08. The van der Waals surface area contributed by atoms with Gasteiger partial charge in [0.25, 0.3) is 0 Å². The molecule has 0 aromatic heterocycles. The van der Waals surface area contributed by atoms with Crippen LogP contribution in [0.5, 0.6) is 5.75 Å². The fraction of sp³-hybridized carbons (Fsp3) is 0.500. The number of nitrogens with two attached hydrogens (primary N) is 1. The van der Waals surface area contributed by atoms with E-state index in [2.05, 4.69) is 10.3 Å².